The minimum Gasteiger partial charge on any atom is -0.459 e. The third kappa shape index (κ3) is 18.1. The Morgan fingerprint density at radius 1 is 0.673 bits per heavy atom. The standard InChI is InChI=1S/C35H60N8O6/c1-33(2,3)47-30(44)23-41-15-13-40(22-27-11-10-12-28(39-27)29(21-36)38-26-37)14-16-42(24-31(45)48-34(4,5)6)18-20-43(19-17-41)25-32(46)49-35(7,8)9/h10-12,21,26H,13-20,22-25,36H2,1-9H3,(H2,37,38)/b29-21-. The summed E-state index contributed by atoms with van der Waals surface area (Å²) >= 11 is 0. The maximum atomic E-state index is 13.0. The first-order chi connectivity index (χ1) is 22.7. The van der Waals surface area contributed by atoms with E-state index in [1.54, 1.807) is 0 Å². The highest BCUT2D eigenvalue weighted by Gasteiger charge is 2.25. The molecule has 1 aromatic heterocycles. The van der Waals surface area contributed by atoms with E-state index in [2.05, 4.69) is 19.7 Å². The van der Waals surface area contributed by atoms with E-state index in [1.165, 1.54) is 12.5 Å². The molecule has 49 heavy (non-hydrogen) atoms. The quantitative estimate of drug-likeness (QED) is 0.159. The Hall–Kier alpha value is -3.59. The van der Waals surface area contributed by atoms with Crippen LogP contribution in [0.15, 0.2) is 29.4 Å². The molecule has 1 saturated heterocycles. The summed E-state index contributed by atoms with van der Waals surface area (Å²) in [6.07, 6.45) is 2.54. The van der Waals surface area contributed by atoms with E-state index in [-0.39, 0.29) is 37.5 Å². The second-order valence-electron chi connectivity index (χ2n) is 15.2. The number of aliphatic imine (C=N–C) groups is 1. The van der Waals surface area contributed by atoms with Crippen molar-refractivity contribution in [3.63, 3.8) is 0 Å². The number of ether oxygens (including phenoxy) is 3. The Bertz CT molecular complexity index is 1240. The summed E-state index contributed by atoms with van der Waals surface area (Å²) in [4.78, 5) is 56.1. The highest BCUT2D eigenvalue weighted by molar-refractivity contribution is 5.73. The molecule has 2 rings (SSSR count). The molecule has 0 amide bonds. The van der Waals surface area contributed by atoms with Gasteiger partial charge < -0.3 is 25.7 Å². The van der Waals surface area contributed by atoms with Gasteiger partial charge in [0.05, 0.1) is 37.4 Å². The molecule has 0 aromatic carbocycles. The molecule has 276 valence electrons. The number of pyridine rings is 1. The van der Waals surface area contributed by atoms with Crippen molar-refractivity contribution >= 4 is 29.9 Å². The van der Waals surface area contributed by atoms with Crippen LogP contribution in [0.1, 0.15) is 73.7 Å². The lowest BCUT2D eigenvalue weighted by Gasteiger charge is -2.34. The smallest absolute Gasteiger partial charge is 0.320 e. The van der Waals surface area contributed by atoms with Crippen LogP contribution in [0.25, 0.3) is 5.70 Å². The zero-order valence-electron chi connectivity index (χ0n) is 31.2. The molecule has 14 heteroatoms. The van der Waals surface area contributed by atoms with E-state index < -0.39 is 16.8 Å². The number of nitrogens with two attached hydrogens (primary N) is 2. The van der Waals surface area contributed by atoms with Crippen LogP contribution in [0.4, 0.5) is 0 Å². The predicted octanol–water partition coefficient (Wildman–Crippen LogP) is 2.07. The molecule has 0 spiro atoms. The first kappa shape index (κ1) is 41.6. The number of carbonyl (C=O) groups excluding carboxylic acids is 3. The molecule has 0 aliphatic carbocycles. The van der Waals surface area contributed by atoms with Crippen LogP contribution in [0.5, 0.6) is 0 Å². The Morgan fingerprint density at radius 2 is 1.04 bits per heavy atom. The summed E-state index contributed by atoms with van der Waals surface area (Å²) in [5, 5.41) is 0. The van der Waals surface area contributed by atoms with E-state index in [0.29, 0.717) is 70.3 Å². The second-order valence-corrected chi connectivity index (χ2v) is 15.2. The summed E-state index contributed by atoms with van der Waals surface area (Å²) in [5.41, 5.74) is 11.3. The van der Waals surface area contributed by atoms with Crippen molar-refractivity contribution in [3.8, 4) is 0 Å². The summed E-state index contributed by atoms with van der Waals surface area (Å²) in [6, 6.07) is 5.65. The molecule has 1 aromatic rings. The number of hydrogen-bond acceptors (Lipinski definition) is 13. The van der Waals surface area contributed by atoms with Gasteiger partial charge in [0, 0.05) is 65.1 Å². The molecule has 1 aliphatic rings. The molecule has 14 nitrogen and oxygen atoms in total. The van der Waals surface area contributed by atoms with Crippen molar-refractivity contribution in [2.75, 3.05) is 72.0 Å². The minimum absolute atomic E-state index is 0.0827. The first-order valence-corrected chi connectivity index (χ1v) is 16.9. The van der Waals surface area contributed by atoms with Gasteiger partial charge in [-0.05, 0) is 74.4 Å². The highest BCUT2D eigenvalue weighted by atomic mass is 16.6. The average molecular weight is 689 g/mol. The van der Waals surface area contributed by atoms with Crippen LogP contribution in [0.3, 0.4) is 0 Å². The Kier molecular flexibility index (Phi) is 16.1. The van der Waals surface area contributed by atoms with Gasteiger partial charge in [-0.2, -0.15) is 0 Å². The van der Waals surface area contributed by atoms with Crippen LogP contribution >= 0.6 is 0 Å². The van der Waals surface area contributed by atoms with Crippen molar-refractivity contribution in [2.24, 2.45) is 16.5 Å². The number of hydrogen-bond donors (Lipinski definition) is 2. The van der Waals surface area contributed by atoms with Crippen LogP contribution in [0, 0.1) is 0 Å². The van der Waals surface area contributed by atoms with E-state index in [1.807, 2.05) is 85.4 Å². The van der Waals surface area contributed by atoms with Gasteiger partial charge in [-0.25, -0.2) is 9.98 Å². The van der Waals surface area contributed by atoms with Crippen molar-refractivity contribution in [3.05, 3.63) is 35.8 Å². The molecule has 0 unspecified atom stereocenters. The van der Waals surface area contributed by atoms with Gasteiger partial charge in [-0.1, -0.05) is 6.07 Å². The molecule has 4 N–H and O–H groups in total. The highest BCUT2D eigenvalue weighted by Crippen LogP contribution is 2.15. The third-order valence-corrected chi connectivity index (χ3v) is 7.07. The van der Waals surface area contributed by atoms with Crippen LogP contribution in [0.2, 0.25) is 0 Å². The van der Waals surface area contributed by atoms with Gasteiger partial charge in [0.1, 0.15) is 22.5 Å². The van der Waals surface area contributed by atoms with E-state index in [9.17, 15) is 14.4 Å². The van der Waals surface area contributed by atoms with Gasteiger partial charge in [-0.3, -0.25) is 34.0 Å². The lowest BCUT2D eigenvalue weighted by atomic mass is 10.2. The number of carbonyl (C=O) groups is 3. The van der Waals surface area contributed by atoms with E-state index in [4.69, 9.17) is 30.7 Å². The van der Waals surface area contributed by atoms with Gasteiger partial charge >= 0.3 is 17.9 Å². The normalized spacial score (nSPS) is 17.7. The Balaban J connectivity index is 2.38. The molecule has 1 aliphatic heterocycles. The zero-order valence-corrected chi connectivity index (χ0v) is 31.2. The molecule has 2 heterocycles. The monoisotopic (exact) mass is 688 g/mol. The van der Waals surface area contributed by atoms with Gasteiger partial charge in [0.25, 0.3) is 0 Å². The number of rotatable bonds is 10. The maximum absolute atomic E-state index is 13.0. The maximum Gasteiger partial charge on any atom is 0.320 e. The van der Waals surface area contributed by atoms with Gasteiger partial charge in [-0.15, -0.1) is 0 Å². The van der Waals surface area contributed by atoms with Crippen LogP contribution in [-0.4, -0.2) is 138 Å². The van der Waals surface area contributed by atoms with Gasteiger partial charge in [0.2, 0.25) is 0 Å². The molecule has 0 radical (unpaired) electrons. The lowest BCUT2D eigenvalue weighted by molar-refractivity contribution is -0.158. The molecular weight excluding hydrogens is 628 g/mol. The molecule has 0 bridgehead atoms. The summed E-state index contributed by atoms with van der Waals surface area (Å²) in [5.74, 6) is -0.962. The van der Waals surface area contributed by atoms with Crippen molar-refractivity contribution in [2.45, 2.75) is 85.7 Å². The zero-order chi connectivity index (χ0) is 36.8. The summed E-state index contributed by atoms with van der Waals surface area (Å²) in [6.45, 7) is 21.7. The van der Waals surface area contributed by atoms with E-state index in [0.717, 1.165) is 5.69 Å². The fourth-order valence-electron chi connectivity index (χ4n) is 5.09. The van der Waals surface area contributed by atoms with Crippen molar-refractivity contribution < 1.29 is 28.6 Å². The Morgan fingerprint density at radius 3 is 1.37 bits per heavy atom. The SMILES string of the molecule is CC(C)(C)OC(=O)CN1CCN(CC(=O)OC(C)(C)C)CCN(Cc2cccc(C(=C/N)/N=C\N)n2)CCN(CC(=O)OC(C)(C)C)CC1. The number of esters is 3. The van der Waals surface area contributed by atoms with Crippen LogP contribution < -0.4 is 11.5 Å². The second kappa shape index (κ2) is 19.0. The fourth-order valence-corrected chi connectivity index (χ4v) is 5.09. The lowest BCUT2D eigenvalue weighted by Crippen LogP contribution is -2.49. The topological polar surface area (TPSA) is 169 Å². The number of aromatic nitrogens is 1. The van der Waals surface area contributed by atoms with Gasteiger partial charge in [0.15, 0.2) is 0 Å². The third-order valence-electron chi connectivity index (χ3n) is 7.07. The predicted molar refractivity (Wildman–Crippen MR) is 191 cm³/mol. The van der Waals surface area contributed by atoms with Crippen LogP contribution in [-0.2, 0) is 35.1 Å². The van der Waals surface area contributed by atoms with E-state index >= 15 is 0 Å². The first-order valence-electron chi connectivity index (χ1n) is 16.9. The largest absolute Gasteiger partial charge is 0.459 e. The fraction of sp³-hybridized carbons (Fsp3) is 0.686. The minimum atomic E-state index is -0.618. The number of nitrogens with zero attached hydrogens (tertiary/aromatic N) is 6. The summed E-state index contributed by atoms with van der Waals surface area (Å²) in [7, 11) is 0. The summed E-state index contributed by atoms with van der Waals surface area (Å²) < 4.78 is 16.9. The molecule has 0 atom stereocenters. The average Bonchev–Trinajstić information content (AvgIpc) is 2.94. The Labute approximate surface area is 292 Å². The van der Waals surface area contributed by atoms with Crippen molar-refractivity contribution in [1.29, 1.82) is 0 Å². The van der Waals surface area contributed by atoms with Crippen molar-refractivity contribution in [1.82, 2.24) is 24.6 Å². The molecule has 1 fully saturated rings. The molecular formula is C35H60N8O6. The molecule has 0 saturated carbocycles.